The number of thiophene rings is 1. The summed E-state index contributed by atoms with van der Waals surface area (Å²) in [6, 6.07) is 20.5. The van der Waals surface area contributed by atoms with Crippen molar-refractivity contribution in [1.82, 2.24) is 4.98 Å². The van der Waals surface area contributed by atoms with Gasteiger partial charge in [0, 0.05) is 5.39 Å². The second-order valence-corrected chi connectivity index (χ2v) is 8.50. The fraction of sp³-hybridized carbons (Fsp3) is 0.154. The Hall–Kier alpha value is -3.44. The number of hydrogen-bond donors (Lipinski definition) is 1. The molecule has 4 nitrogen and oxygen atoms in total. The van der Waals surface area contributed by atoms with Gasteiger partial charge in [-0.2, -0.15) is 0 Å². The van der Waals surface area contributed by atoms with Gasteiger partial charge in [-0.25, -0.2) is 9.78 Å². The lowest BCUT2D eigenvalue weighted by Gasteiger charge is -2.11. The molecule has 2 N–H and O–H groups in total. The van der Waals surface area contributed by atoms with Gasteiger partial charge in [0.2, 0.25) is 0 Å². The quantitative estimate of drug-likeness (QED) is 0.394. The fourth-order valence-corrected chi connectivity index (χ4v) is 5.24. The summed E-state index contributed by atoms with van der Waals surface area (Å²) in [5, 5.41) is 0.860. The molecule has 31 heavy (non-hydrogen) atoms. The van der Waals surface area contributed by atoms with Gasteiger partial charge in [-0.05, 0) is 53.7 Å². The summed E-state index contributed by atoms with van der Waals surface area (Å²) in [6.45, 7) is 2.11. The van der Waals surface area contributed by atoms with Crippen molar-refractivity contribution in [3.63, 3.8) is 0 Å². The maximum atomic E-state index is 12.5. The molecule has 2 aromatic carbocycles. The Labute approximate surface area is 185 Å². The second kappa shape index (κ2) is 8.00. The SMILES string of the molecule is CCOC(=O)c1sc2nc3c(c(-c4ccccc4)c2c1N)CC/C3=C\c1ccccc1. The predicted octanol–water partition coefficient (Wildman–Crippen LogP) is 6.21. The highest BCUT2D eigenvalue weighted by atomic mass is 32.1. The van der Waals surface area contributed by atoms with E-state index in [1.807, 2.05) is 36.4 Å². The number of carbonyl (C=O) groups is 1. The number of benzene rings is 2. The summed E-state index contributed by atoms with van der Waals surface area (Å²) in [4.78, 5) is 18.7. The number of aromatic nitrogens is 1. The zero-order valence-corrected chi connectivity index (χ0v) is 18.0. The van der Waals surface area contributed by atoms with Crippen LogP contribution in [-0.4, -0.2) is 17.6 Å². The predicted molar refractivity (Wildman–Crippen MR) is 128 cm³/mol. The average molecular weight is 427 g/mol. The Morgan fingerprint density at radius 3 is 2.52 bits per heavy atom. The molecule has 0 saturated heterocycles. The van der Waals surface area contributed by atoms with Crippen LogP contribution in [0.3, 0.4) is 0 Å². The number of pyridine rings is 1. The number of carbonyl (C=O) groups excluding carboxylic acids is 1. The maximum absolute atomic E-state index is 12.5. The number of anilines is 1. The molecule has 2 heterocycles. The number of hydrogen-bond acceptors (Lipinski definition) is 5. The van der Waals surface area contributed by atoms with E-state index in [1.54, 1.807) is 6.92 Å². The van der Waals surface area contributed by atoms with Gasteiger partial charge in [0.05, 0.1) is 18.0 Å². The normalized spacial score (nSPS) is 14.2. The number of nitrogen functional groups attached to an aromatic ring is 1. The molecule has 1 aliphatic carbocycles. The standard InChI is InChI=1S/C26H22N2O2S/c1-2-30-26(29)24-22(27)21-20(17-11-7-4-8-12-17)19-14-13-18(23(19)28-25(21)31-24)15-16-9-5-3-6-10-16/h3-12,15H,2,13-14,27H2,1H3/b18-15+. The summed E-state index contributed by atoms with van der Waals surface area (Å²) in [5.74, 6) is -0.387. The smallest absolute Gasteiger partial charge is 0.350 e. The van der Waals surface area contributed by atoms with Crippen molar-refractivity contribution in [2.45, 2.75) is 19.8 Å². The molecule has 4 aromatic rings. The van der Waals surface area contributed by atoms with Gasteiger partial charge in [-0.15, -0.1) is 11.3 Å². The highest BCUT2D eigenvalue weighted by molar-refractivity contribution is 7.21. The molecular weight excluding hydrogens is 404 g/mol. The number of nitrogens with two attached hydrogens (primary N) is 1. The van der Waals surface area contributed by atoms with E-state index >= 15 is 0 Å². The Kier molecular flexibility index (Phi) is 5.04. The number of allylic oxidation sites excluding steroid dienone is 1. The van der Waals surface area contributed by atoms with Crippen molar-refractivity contribution in [2.24, 2.45) is 0 Å². The third-order valence-corrected chi connectivity index (χ3v) is 6.67. The van der Waals surface area contributed by atoms with Crippen LogP contribution in [0.2, 0.25) is 0 Å². The third-order valence-electron chi connectivity index (χ3n) is 5.59. The first kappa shape index (κ1) is 19.5. The highest BCUT2D eigenvalue weighted by Crippen LogP contribution is 2.47. The van der Waals surface area contributed by atoms with Crippen LogP contribution >= 0.6 is 11.3 Å². The van der Waals surface area contributed by atoms with Crippen LogP contribution in [0.15, 0.2) is 60.7 Å². The largest absolute Gasteiger partial charge is 0.462 e. The number of esters is 1. The summed E-state index contributed by atoms with van der Waals surface area (Å²) in [5.41, 5.74) is 13.7. The summed E-state index contributed by atoms with van der Waals surface area (Å²) >= 11 is 1.32. The van der Waals surface area contributed by atoms with Crippen molar-refractivity contribution in [3.05, 3.63) is 82.4 Å². The molecule has 5 heteroatoms. The lowest BCUT2D eigenvalue weighted by atomic mass is 9.95. The maximum Gasteiger partial charge on any atom is 0.350 e. The molecule has 0 amide bonds. The zero-order valence-electron chi connectivity index (χ0n) is 17.2. The molecule has 154 valence electrons. The Morgan fingerprint density at radius 2 is 1.81 bits per heavy atom. The summed E-state index contributed by atoms with van der Waals surface area (Å²) < 4.78 is 5.24. The lowest BCUT2D eigenvalue weighted by Crippen LogP contribution is -2.05. The van der Waals surface area contributed by atoms with Crippen LogP contribution in [-0.2, 0) is 11.2 Å². The molecule has 0 bridgehead atoms. The molecule has 0 atom stereocenters. The highest BCUT2D eigenvalue weighted by Gasteiger charge is 2.28. The number of fused-ring (bicyclic) bond motifs is 2. The van der Waals surface area contributed by atoms with Gasteiger partial charge in [-0.3, -0.25) is 0 Å². The van der Waals surface area contributed by atoms with E-state index in [9.17, 15) is 4.79 Å². The van der Waals surface area contributed by atoms with Crippen molar-refractivity contribution in [1.29, 1.82) is 0 Å². The molecule has 2 aromatic heterocycles. The first-order valence-corrected chi connectivity index (χ1v) is 11.2. The molecule has 1 aliphatic rings. The van der Waals surface area contributed by atoms with Crippen molar-refractivity contribution in [3.8, 4) is 11.1 Å². The van der Waals surface area contributed by atoms with Crippen molar-refractivity contribution in [2.75, 3.05) is 12.3 Å². The van der Waals surface area contributed by atoms with Gasteiger partial charge >= 0.3 is 5.97 Å². The Bertz CT molecular complexity index is 1310. The first-order valence-electron chi connectivity index (χ1n) is 10.4. The van der Waals surface area contributed by atoms with Crippen LogP contribution in [0, 0.1) is 0 Å². The van der Waals surface area contributed by atoms with Gasteiger partial charge in [-0.1, -0.05) is 60.7 Å². The van der Waals surface area contributed by atoms with Crippen molar-refractivity contribution >= 4 is 44.9 Å². The van der Waals surface area contributed by atoms with Crippen LogP contribution in [0.4, 0.5) is 5.69 Å². The summed E-state index contributed by atoms with van der Waals surface area (Å²) in [7, 11) is 0. The fourth-order valence-electron chi connectivity index (χ4n) is 4.24. The van der Waals surface area contributed by atoms with Crippen LogP contribution < -0.4 is 5.73 Å². The van der Waals surface area contributed by atoms with E-state index in [0.29, 0.717) is 17.2 Å². The zero-order chi connectivity index (χ0) is 21.4. The Balaban J connectivity index is 1.78. The van der Waals surface area contributed by atoms with Crippen LogP contribution in [0.25, 0.3) is 33.0 Å². The Morgan fingerprint density at radius 1 is 1.10 bits per heavy atom. The number of ether oxygens (including phenoxy) is 1. The monoisotopic (exact) mass is 426 g/mol. The minimum Gasteiger partial charge on any atom is -0.462 e. The minimum atomic E-state index is -0.387. The first-order chi connectivity index (χ1) is 15.2. The van der Waals surface area contributed by atoms with Crippen molar-refractivity contribution < 1.29 is 9.53 Å². The number of nitrogens with zero attached hydrogens (tertiary/aromatic N) is 1. The van der Waals surface area contributed by atoms with E-state index in [0.717, 1.165) is 45.4 Å². The third kappa shape index (κ3) is 3.41. The molecule has 0 unspecified atom stereocenters. The van der Waals surface area contributed by atoms with E-state index in [2.05, 4.69) is 30.3 Å². The minimum absolute atomic E-state index is 0.311. The van der Waals surface area contributed by atoms with Gasteiger partial charge in [0.25, 0.3) is 0 Å². The van der Waals surface area contributed by atoms with Gasteiger partial charge in [0.1, 0.15) is 9.71 Å². The topological polar surface area (TPSA) is 65.2 Å². The second-order valence-electron chi connectivity index (χ2n) is 7.51. The molecule has 0 radical (unpaired) electrons. The average Bonchev–Trinajstić information content (AvgIpc) is 3.35. The van der Waals surface area contributed by atoms with Crippen LogP contribution in [0.5, 0.6) is 0 Å². The molecule has 0 spiro atoms. The lowest BCUT2D eigenvalue weighted by molar-refractivity contribution is 0.0533. The molecule has 0 aliphatic heterocycles. The molecule has 5 rings (SSSR count). The number of rotatable bonds is 4. The molecule has 0 saturated carbocycles. The summed E-state index contributed by atoms with van der Waals surface area (Å²) in [6.07, 6.45) is 4.03. The van der Waals surface area contributed by atoms with Gasteiger partial charge < -0.3 is 10.5 Å². The van der Waals surface area contributed by atoms with E-state index in [4.69, 9.17) is 15.5 Å². The van der Waals surface area contributed by atoms with E-state index in [-0.39, 0.29) is 5.97 Å². The van der Waals surface area contributed by atoms with Crippen LogP contribution in [0.1, 0.15) is 39.8 Å². The van der Waals surface area contributed by atoms with E-state index < -0.39 is 0 Å². The molecule has 0 fully saturated rings. The van der Waals surface area contributed by atoms with Gasteiger partial charge in [0.15, 0.2) is 0 Å². The van der Waals surface area contributed by atoms with E-state index in [1.165, 1.54) is 22.5 Å². The molecular formula is C26H22N2O2S.